The first kappa shape index (κ1) is 14.3. The van der Waals surface area contributed by atoms with E-state index in [0.29, 0.717) is 23.7 Å². The maximum atomic E-state index is 11.6. The number of hydrogen-bond donors (Lipinski definition) is 1. The second-order valence-corrected chi connectivity index (χ2v) is 6.14. The van der Waals surface area contributed by atoms with Crippen molar-refractivity contribution in [2.75, 3.05) is 19.5 Å². The molecule has 2 fully saturated rings. The van der Waals surface area contributed by atoms with Crippen LogP contribution >= 0.6 is 0 Å². The first-order valence-corrected chi connectivity index (χ1v) is 7.70. The highest BCUT2D eigenvalue weighted by Gasteiger charge is 2.35. The number of hydrogen-bond acceptors (Lipinski definition) is 5. The number of nitrogens with zero attached hydrogens (tertiary/aromatic N) is 2. The smallest absolute Gasteiger partial charge is 0.338 e. The molecule has 114 valence electrons. The molecule has 0 saturated carbocycles. The summed E-state index contributed by atoms with van der Waals surface area (Å²) in [7, 11) is 3.65. The van der Waals surface area contributed by atoms with Crippen molar-refractivity contribution in [1.82, 2.24) is 9.88 Å². The summed E-state index contributed by atoms with van der Waals surface area (Å²) in [5.74, 6) is 0.450. The van der Waals surface area contributed by atoms with Crippen LogP contribution in [-0.4, -0.2) is 48.1 Å². The van der Waals surface area contributed by atoms with Crippen LogP contribution in [0.25, 0.3) is 0 Å². The molecule has 3 rings (SSSR count). The second-order valence-electron chi connectivity index (χ2n) is 6.14. The highest BCUT2D eigenvalue weighted by atomic mass is 16.5. The highest BCUT2D eigenvalue weighted by molar-refractivity contribution is 5.89. The quantitative estimate of drug-likeness (QED) is 0.865. The monoisotopic (exact) mass is 289 g/mol. The van der Waals surface area contributed by atoms with Crippen molar-refractivity contribution in [3.63, 3.8) is 0 Å². The first-order chi connectivity index (χ1) is 10.2. The molecule has 0 aliphatic carbocycles. The molecule has 0 spiro atoms. The number of carbonyl (C=O) groups is 1. The summed E-state index contributed by atoms with van der Waals surface area (Å²) < 4.78 is 4.75. The van der Waals surface area contributed by atoms with Crippen LogP contribution in [0, 0.1) is 0 Å². The van der Waals surface area contributed by atoms with E-state index >= 15 is 0 Å². The van der Waals surface area contributed by atoms with Gasteiger partial charge >= 0.3 is 5.97 Å². The molecule has 1 aromatic heterocycles. The Kier molecular flexibility index (Phi) is 4.10. The molecule has 0 aromatic carbocycles. The minimum absolute atomic E-state index is 0.319. The number of nitrogens with one attached hydrogen (secondary N) is 1. The normalized spacial score (nSPS) is 29.0. The van der Waals surface area contributed by atoms with Gasteiger partial charge in [-0.05, 0) is 44.9 Å². The zero-order valence-corrected chi connectivity index (χ0v) is 12.7. The molecule has 2 atom stereocenters. The number of methoxy groups -OCH3 is 1. The van der Waals surface area contributed by atoms with Crippen LogP contribution in [0.1, 0.15) is 42.5 Å². The second kappa shape index (κ2) is 6.02. The van der Waals surface area contributed by atoms with Crippen LogP contribution in [0.4, 0.5) is 5.82 Å². The van der Waals surface area contributed by atoms with Crippen LogP contribution < -0.4 is 5.32 Å². The maximum absolute atomic E-state index is 11.6. The Balaban J connectivity index is 1.68. The molecule has 2 unspecified atom stereocenters. The zero-order chi connectivity index (χ0) is 14.8. The fourth-order valence-corrected chi connectivity index (χ4v) is 3.70. The predicted octanol–water partition coefficient (Wildman–Crippen LogP) is 2.30. The van der Waals surface area contributed by atoms with Crippen molar-refractivity contribution in [1.29, 1.82) is 0 Å². The minimum atomic E-state index is -0.319. The van der Waals surface area contributed by atoms with E-state index in [-0.39, 0.29) is 5.97 Å². The number of anilines is 1. The summed E-state index contributed by atoms with van der Waals surface area (Å²) in [5, 5.41) is 3.50. The van der Waals surface area contributed by atoms with E-state index in [1.54, 1.807) is 18.3 Å². The van der Waals surface area contributed by atoms with Gasteiger partial charge in [0.15, 0.2) is 0 Å². The number of ether oxygens (including phenoxy) is 1. The third-order valence-corrected chi connectivity index (χ3v) is 4.87. The Hall–Kier alpha value is -1.62. The summed E-state index contributed by atoms with van der Waals surface area (Å²) in [4.78, 5) is 18.4. The fraction of sp³-hybridized carbons (Fsp3) is 0.625. The molecule has 2 aliphatic rings. The first-order valence-electron chi connectivity index (χ1n) is 7.70. The Morgan fingerprint density at radius 3 is 2.76 bits per heavy atom. The molecule has 5 heteroatoms. The number of piperidine rings is 2. The van der Waals surface area contributed by atoms with Gasteiger partial charge in [-0.15, -0.1) is 0 Å². The van der Waals surface area contributed by atoms with Crippen LogP contribution in [-0.2, 0) is 4.74 Å². The van der Waals surface area contributed by atoms with Gasteiger partial charge < -0.3 is 15.0 Å². The molecular formula is C16H23N3O2. The number of esters is 1. The highest BCUT2D eigenvalue weighted by Crippen LogP contribution is 2.33. The van der Waals surface area contributed by atoms with E-state index in [1.807, 2.05) is 0 Å². The van der Waals surface area contributed by atoms with Crippen molar-refractivity contribution in [3.05, 3.63) is 23.9 Å². The standard InChI is InChI=1S/C16H23N3O2/c1-19-13-4-3-5-14(19)10-12(9-13)18-15-8-11(6-7-17-15)16(20)21-2/h6-8,12-14H,3-5,9-10H2,1-2H3,(H,17,18). The third kappa shape index (κ3) is 3.02. The Morgan fingerprint density at radius 2 is 2.10 bits per heavy atom. The summed E-state index contributed by atoms with van der Waals surface area (Å²) >= 11 is 0. The van der Waals surface area contributed by atoms with Crippen molar-refractivity contribution in [2.45, 2.75) is 50.2 Å². The van der Waals surface area contributed by atoms with E-state index in [0.717, 1.165) is 18.7 Å². The van der Waals surface area contributed by atoms with E-state index in [4.69, 9.17) is 4.74 Å². The molecule has 3 heterocycles. The van der Waals surface area contributed by atoms with Crippen molar-refractivity contribution < 1.29 is 9.53 Å². The van der Waals surface area contributed by atoms with Gasteiger partial charge in [-0.1, -0.05) is 6.42 Å². The molecule has 5 nitrogen and oxygen atoms in total. The van der Waals surface area contributed by atoms with Crippen LogP contribution in [0.3, 0.4) is 0 Å². The molecule has 2 bridgehead atoms. The number of fused-ring (bicyclic) bond motifs is 2. The van der Waals surface area contributed by atoms with Crippen LogP contribution in [0.15, 0.2) is 18.3 Å². The van der Waals surface area contributed by atoms with E-state index < -0.39 is 0 Å². The van der Waals surface area contributed by atoms with Gasteiger partial charge in [-0.2, -0.15) is 0 Å². The lowest BCUT2D eigenvalue weighted by Crippen LogP contribution is -2.52. The average Bonchev–Trinajstić information content (AvgIpc) is 2.48. The molecular weight excluding hydrogens is 266 g/mol. The SMILES string of the molecule is COC(=O)c1ccnc(NC2CC3CCCC(C2)N3C)c1. The molecule has 1 N–H and O–H groups in total. The molecule has 1 aromatic rings. The molecule has 2 saturated heterocycles. The van der Waals surface area contributed by atoms with Gasteiger partial charge in [-0.25, -0.2) is 9.78 Å². The van der Waals surface area contributed by atoms with Gasteiger partial charge in [0, 0.05) is 24.3 Å². The van der Waals surface area contributed by atoms with Gasteiger partial charge in [0.1, 0.15) is 5.82 Å². The molecule has 21 heavy (non-hydrogen) atoms. The summed E-state index contributed by atoms with van der Waals surface area (Å²) in [5.41, 5.74) is 0.545. The Bertz CT molecular complexity index is 506. The Labute approximate surface area is 125 Å². The van der Waals surface area contributed by atoms with Gasteiger partial charge in [0.2, 0.25) is 0 Å². The number of carbonyl (C=O) groups excluding carboxylic acids is 1. The minimum Gasteiger partial charge on any atom is -0.465 e. The zero-order valence-electron chi connectivity index (χ0n) is 12.7. The largest absolute Gasteiger partial charge is 0.465 e. The van der Waals surface area contributed by atoms with Crippen molar-refractivity contribution in [3.8, 4) is 0 Å². The van der Waals surface area contributed by atoms with Gasteiger partial charge in [0.05, 0.1) is 12.7 Å². The fourth-order valence-electron chi connectivity index (χ4n) is 3.70. The summed E-state index contributed by atoms with van der Waals surface area (Å²) in [6.45, 7) is 0. The lowest BCUT2D eigenvalue weighted by atomic mass is 9.82. The number of pyridine rings is 1. The predicted molar refractivity (Wildman–Crippen MR) is 81.4 cm³/mol. The van der Waals surface area contributed by atoms with Gasteiger partial charge in [-0.3, -0.25) is 0 Å². The molecule has 2 aliphatic heterocycles. The molecule has 0 amide bonds. The Morgan fingerprint density at radius 1 is 1.38 bits per heavy atom. The van der Waals surface area contributed by atoms with Crippen molar-refractivity contribution >= 4 is 11.8 Å². The van der Waals surface area contributed by atoms with E-state index in [1.165, 1.54) is 26.4 Å². The average molecular weight is 289 g/mol. The van der Waals surface area contributed by atoms with Gasteiger partial charge in [0.25, 0.3) is 0 Å². The van der Waals surface area contributed by atoms with Crippen molar-refractivity contribution in [2.24, 2.45) is 0 Å². The summed E-state index contributed by atoms with van der Waals surface area (Å²) in [6.07, 6.45) is 7.89. The third-order valence-electron chi connectivity index (χ3n) is 4.87. The summed E-state index contributed by atoms with van der Waals surface area (Å²) in [6, 6.07) is 5.26. The lowest BCUT2D eigenvalue weighted by molar-refractivity contribution is 0.0597. The van der Waals surface area contributed by atoms with Crippen LogP contribution in [0.2, 0.25) is 0 Å². The topological polar surface area (TPSA) is 54.5 Å². The lowest BCUT2D eigenvalue weighted by Gasteiger charge is -2.47. The molecule has 0 radical (unpaired) electrons. The number of rotatable bonds is 3. The van der Waals surface area contributed by atoms with E-state index in [9.17, 15) is 4.79 Å². The van der Waals surface area contributed by atoms with Crippen LogP contribution in [0.5, 0.6) is 0 Å². The van der Waals surface area contributed by atoms with E-state index in [2.05, 4.69) is 22.2 Å². The number of aromatic nitrogens is 1. The maximum Gasteiger partial charge on any atom is 0.338 e.